The van der Waals surface area contributed by atoms with E-state index < -0.39 is 0 Å². The fourth-order valence-corrected chi connectivity index (χ4v) is 8.53. The SMILES string of the molecule is CC1C=CC=C(c2nc(-c3ccccc3)nc(-c3ccc(-n4c5ccc(-n6c7ccccc7c7ccccc76)cc5c5c6ccccc6ccc54)cc3)n2)C1. The van der Waals surface area contributed by atoms with Gasteiger partial charge in [-0.2, -0.15) is 0 Å². The highest BCUT2D eigenvalue weighted by Crippen LogP contribution is 2.40. The monoisotopic (exact) mass is 705 g/mol. The third kappa shape index (κ3) is 5.12. The molecule has 0 saturated heterocycles. The van der Waals surface area contributed by atoms with Crippen LogP contribution in [0, 0.1) is 5.92 Å². The first-order valence-corrected chi connectivity index (χ1v) is 18.9. The van der Waals surface area contributed by atoms with Gasteiger partial charge in [0.15, 0.2) is 17.5 Å². The van der Waals surface area contributed by atoms with Gasteiger partial charge in [-0.05, 0) is 89.3 Å². The largest absolute Gasteiger partial charge is 0.309 e. The van der Waals surface area contributed by atoms with Gasteiger partial charge in [-0.3, -0.25) is 0 Å². The Morgan fingerprint density at radius 2 is 1.04 bits per heavy atom. The molecule has 260 valence electrons. The molecule has 0 aliphatic heterocycles. The zero-order valence-electron chi connectivity index (χ0n) is 30.3. The van der Waals surface area contributed by atoms with E-state index in [9.17, 15) is 0 Å². The second kappa shape index (κ2) is 12.5. The summed E-state index contributed by atoms with van der Waals surface area (Å²) in [4.78, 5) is 15.0. The summed E-state index contributed by atoms with van der Waals surface area (Å²) in [6, 6.07) is 56.4. The Balaban J connectivity index is 1.09. The lowest BCUT2D eigenvalue weighted by Crippen LogP contribution is -2.06. The molecule has 0 radical (unpaired) electrons. The van der Waals surface area contributed by atoms with Gasteiger partial charge in [0, 0.05) is 44.0 Å². The molecule has 0 amide bonds. The smallest absolute Gasteiger partial charge is 0.164 e. The number of hydrogen-bond donors (Lipinski definition) is 0. The Hall–Kier alpha value is -7.11. The molecule has 55 heavy (non-hydrogen) atoms. The molecule has 0 saturated carbocycles. The molecule has 0 spiro atoms. The molecule has 1 unspecified atom stereocenters. The molecule has 3 aromatic heterocycles. The lowest BCUT2D eigenvalue weighted by molar-refractivity contribution is 0.742. The molecule has 1 atom stereocenters. The van der Waals surface area contributed by atoms with Gasteiger partial charge < -0.3 is 9.13 Å². The van der Waals surface area contributed by atoms with Crippen molar-refractivity contribution in [2.45, 2.75) is 13.3 Å². The van der Waals surface area contributed by atoms with Crippen LogP contribution in [-0.2, 0) is 0 Å². The van der Waals surface area contributed by atoms with Gasteiger partial charge >= 0.3 is 0 Å². The molecular weight excluding hydrogens is 671 g/mol. The van der Waals surface area contributed by atoms with Crippen molar-refractivity contribution in [2.75, 3.05) is 0 Å². The lowest BCUT2D eigenvalue weighted by Gasteiger charge is -2.15. The quantitative estimate of drug-likeness (QED) is 0.179. The van der Waals surface area contributed by atoms with E-state index >= 15 is 0 Å². The number of aromatic nitrogens is 5. The van der Waals surface area contributed by atoms with Crippen molar-refractivity contribution in [3.63, 3.8) is 0 Å². The molecule has 0 bridgehead atoms. The second-order valence-corrected chi connectivity index (χ2v) is 14.6. The topological polar surface area (TPSA) is 48.5 Å². The van der Waals surface area contributed by atoms with Crippen molar-refractivity contribution < 1.29 is 0 Å². The number of hydrogen-bond acceptors (Lipinski definition) is 3. The minimum atomic E-state index is 0.432. The highest BCUT2D eigenvalue weighted by atomic mass is 15.0. The minimum absolute atomic E-state index is 0.432. The average Bonchev–Trinajstić information content (AvgIpc) is 3.77. The minimum Gasteiger partial charge on any atom is -0.309 e. The highest BCUT2D eigenvalue weighted by Gasteiger charge is 2.20. The molecule has 0 N–H and O–H groups in total. The average molecular weight is 706 g/mol. The number of allylic oxidation sites excluding steroid dienone is 4. The fourth-order valence-electron chi connectivity index (χ4n) is 8.53. The molecular formula is C50H35N5. The van der Waals surface area contributed by atoms with Gasteiger partial charge in [-0.15, -0.1) is 0 Å². The Labute approximate surface area is 318 Å². The third-order valence-corrected chi connectivity index (χ3v) is 11.1. The Morgan fingerprint density at radius 3 is 1.76 bits per heavy atom. The Kier molecular flexibility index (Phi) is 7.14. The van der Waals surface area contributed by atoms with Gasteiger partial charge in [0.05, 0.1) is 22.1 Å². The Morgan fingerprint density at radius 1 is 0.473 bits per heavy atom. The summed E-state index contributed by atoms with van der Waals surface area (Å²) in [7, 11) is 0. The lowest BCUT2D eigenvalue weighted by atomic mass is 9.95. The maximum absolute atomic E-state index is 5.06. The molecule has 7 aromatic carbocycles. The highest BCUT2D eigenvalue weighted by molar-refractivity contribution is 6.22. The summed E-state index contributed by atoms with van der Waals surface area (Å²) >= 11 is 0. The van der Waals surface area contributed by atoms with E-state index in [1.54, 1.807) is 0 Å². The van der Waals surface area contributed by atoms with E-state index in [0.29, 0.717) is 17.6 Å². The van der Waals surface area contributed by atoms with Crippen molar-refractivity contribution >= 4 is 60.0 Å². The van der Waals surface area contributed by atoms with Crippen LogP contribution < -0.4 is 0 Å². The predicted molar refractivity (Wildman–Crippen MR) is 228 cm³/mol. The number of benzene rings is 7. The molecule has 10 aromatic rings. The summed E-state index contributed by atoms with van der Waals surface area (Å²) in [5.41, 5.74) is 10.0. The van der Waals surface area contributed by atoms with E-state index in [4.69, 9.17) is 15.0 Å². The number of para-hydroxylation sites is 2. The molecule has 5 nitrogen and oxygen atoms in total. The number of fused-ring (bicyclic) bond motifs is 8. The van der Waals surface area contributed by atoms with Crippen LogP contribution in [-0.4, -0.2) is 24.1 Å². The predicted octanol–water partition coefficient (Wildman–Crippen LogP) is 12.5. The van der Waals surface area contributed by atoms with Crippen LogP contribution in [0.15, 0.2) is 176 Å². The van der Waals surface area contributed by atoms with Crippen molar-refractivity contribution in [3.8, 4) is 34.2 Å². The van der Waals surface area contributed by atoms with Crippen LogP contribution >= 0.6 is 0 Å². The van der Waals surface area contributed by atoms with E-state index in [0.717, 1.165) is 45.8 Å². The normalized spacial score (nSPS) is 14.4. The van der Waals surface area contributed by atoms with E-state index in [1.807, 2.05) is 18.2 Å². The van der Waals surface area contributed by atoms with E-state index in [-0.39, 0.29) is 0 Å². The molecule has 5 heteroatoms. The van der Waals surface area contributed by atoms with Gasteiger partial charge in [0.1, 0.15) is 0 Å². The summed E-state index contributed by atoms with van der Waals surface area (Å²) in [5, 5.41) is 7.45. The van der Waals surface area contributed by atoms with Crippen molar-refractivity contribution in [1.82, 2.24) is 24.1 Å². The summed E-state index contributed by atoms with van der Waals surface area (Å²) in [5.74, 6) is 2.52. The number of nitrogens with zero attached hydrogens (tertiary/aromatic N) is 5. The van der Waals surface area contributed by atoms with Crippen molar-refractivity contribution in [1.29, 1.82) is 0 Å². The standard InChI is InChI=1S/C50H35N5/c1-32-12-11-16-36(30-32)50-52-48(34-14-3-2-4-15-34)51-49(53-50)35-22-25-37(26-23-35)54-45-29-27-38(31-42(45)47-39-17-6-5-13-33(39)24-28-46(47)54)55-43-20-9-7-18-40(43)41-19-8-10-21-44(41)55/h2-29,31-32H,30H2,1H3. The molecule has 11 rings (SSSR count). The zero-order chi connectivity index (χ0) is 36.5. The fraction of sp³-hybridized carbons (Fsp3) is 0.0600. The molecule has 0 fully saturated rings. The van der Waals surface area contributed by atoms with Crippen molar-refractivity contribution in [2.24, 2.45) is 5.92 Å². The summed E-state index contributed by atoms with van der Waals surface area (Å²) in [6.07, 6.45) is 7.37. The third-order valence-electron chi connectivity index (χ3n) is 11.1. The van der Waals surface area contributed by atoms with Crippen LogP contribution in [0.4, 0.5) is 0 Å². The van der Waals surface area contributed by atoms with Gasteiger partial charge in [0.25, 0.3) is 0 Å². The van der Waals surface area contributed by atoms with Gasteiger partial charge in [-0.25, -0.2) is 15.0 Å². The number of rotatable bonds is 5. The van der Waals surface area contributed by atoms with E-state index in [1.165, 1.54) is 48.9 Å². The van der Waals surface area contributed by atoms with Crippen LogP contribution in [0.1, 0.15) is 19.2 Å². The summed E-state index contributed by atoms with van der Waals surface area (Å²) < 4.78 is 4.80. The van der Waals surface area contributed by atoms with Crippen LogP contribution in [0.2, 0.25) is 0 Å². The molecule has 1 aliphatic rings. The first-order chi connectivity index (χ1) is 27.2. The first kappa shape index (κ1) is 31.4. The van der Waals surface area contributed by atoms with Gasteiger partial charge in [-0.1, -0.05) is 122 Å². The molecule has 1 aliphatic carbocycles. The second-order valence-electron chi connectivity index (χ2n) is 14.6. The zero-order valence-corrected chi connectivity index (χ0v) is 30.3. The van der Waals surface area contributed by atoms with Gasteiger partial charge in [0.2, 0.25) is 0 Å². The van der Waals surface area contributed by atoms with Crippen molar-refractivity contribution in [3.05, 3.63) is 182 Å². The molecule has 3 heterocycles. The maximum Gasteiger partial charge on any atom is 0.164 e. The van der Waals surface area contributed by atoms with Crippen LogP contribution in [0.5, 0.6) is 0 Å². The van der Waals surface area contributed by atoms with E-state index in [2.05, 4.69) is 174 Å². The van der Waals surface area contributed by atoms with Crippen LogP contribution in [0.25, 0.3) is 94.1 Å². The maximum atomic E-state index is 5.06. The Bertz CT molecular complexity index is 3130. The summed E-state index contributed by atoms with van der Waals surface area (Å²) in [6.45, 7) is 2.23. The first-order valence-electron chi connectivity index (χ1n) is 18.9. The van der Waals surface area contributed by atoms with Crippen LogP contribution in [0.3, 0.4) is 0 Å².